The van der Waals surface area contributed by atoms with E-state index >= 15 is 0 Å². The molecule has 1 heterocycles. The summed E-state index contributed by atoms with van der Waals surface area (Å²) in [6, 6.07) is 24.5. The van der Waals surface area contributed by atoms with Gasteiger partial charge >= 0.3 is 12.1 Å². The first-order valence-electron chi connectivity index (χ1n) is 17.9. The number of unbranched alkanes of at least 4 members (excludes halogenated alkanes) is 7. The van der Waals surface area contributed by atoms with E-state index in [1.165, 1.54) is 6.08 Å². The minimum absolute atomic E-state index is 0.0176. The van der Waals surface area contributed by atoms with Crippen molar-refractivity contribution in [2.75, 3.05) is 13.2 Å². The van der Waals surface area contributed by atoms with Crippen LogP contribution >= 0.6 is 0 Å². The molecule has 1 N–H and O–H groups in total. The Bertz CT molecular complexity index is 1650. The Morgan fingerprint density at radius 1 is 0.863 bits per heavy atom. The molecular weight excluding hydrogens is 646 g/mol. The highest BCUT2D eigenvalue weighted by molar-refractivity contribution is 6.25. The van der Waals surface area contributed by atoms with Crippen LogP contribution in [0, 0.1) is 12.8 Å². The summed E-state index contributed by atoms with van der Waals surface area (Å²) in [4.78, 5) is 69.3. The number of nitrogens with zero attached hydrogens (tertiary/aromatic N) is 1. The van der Waals surface area contributed by atoms with Crippen molar-refractivity contribution < 1.29 is 38.6 Å². The van der Waals surface area contributed by atoms with Crippen molar-refractivity contribution in [1.82, 2.24) is 4.90 Å². The lowest BCUT2D eigenvalue weighted by Gasteiger charge is -2.29. The molecule has 1 saturated heterocycles. The van der Waals surface area contributed by atoms with Gasteiger partial charge < -0.3 is 14.6 Å². The van der Waals surface area contributed by atoms with E-state index in [2.05, 4.69) is 0 Å². The van der Waals surface area contributed by atoms with Crippen molar-refractivity contribution in [2.45, 2.75) is 90.2 Å². The van der Waals surface area contributed by atoms with Crippen LogP contribution in [0.25, 0.3) is 5.57 Å². The van der Waals surface area contributed by atoms with Crippen molar-refractivity contribution >= 4 is 35.1 Å². The first-order valence-corrected chi connectivity index (χ1v) is 17.9. The van der Waals surface area contributed by atoms with Crippen LogP contribution in [-0.2, 0) is 35.1 Å². The normalized spacial score (nSPS) is 15.6. The van der Waals surface area contributed by atoms with Crippen molar-refractivity contribution in [3.8, 4) is 0 Å². The highest BCUT2D eigenvalue weighted by Crippen LogP contribution is 2.32. The third-order valence-electron chi connectivity index (χ3n) is 9.08. The van der Waals surface area contributed by atoms with Crippen LogP contribution in [0.3, 0.4) is 0 Å². The zero-order valence-electron chi connectivity index (χ0n) is 29.6. The molecule has 1 aliphatic heterocycles. The number of cyclic esters (lactones) is 1. The highest BCUT2D eigenvalue weighted by atomic mass is 16.6. The van der Waals surface area contributed by atoms with Gasteiger partial charge in [-0.25, -0.2) is 9.69 Å². The standard InChI is InChI=1S/C42H49NO8/c1-30-18-17-23-34(26-30)35(38(46)24-15-7-5-3-4-6-8-16-25-44)28-39(47)40(51-31(2)45)36(27-32-19-11-9-12-20-32)41(48)43-37(29-50-42(43)49)33-21-13-10-14-22-33/h9-14,17-23,26,28,36-37,40,44H,3-8,15-16,24-25,27,29H2,1-2H3/t36-,37+,40-/m1/s1. The average Bonchev–Trinajstić information content (AvgIpc) is 3.52. The molecule has 0 unspecified atom stereocenters. The molecule has 0 bridgehead atoms. The number of hydrogen-bond donors (Lipinski definition) is 1. The minimum Gasteiger partial charge on any atom is -0.453 e. The summed E-state index contributed by atoms with van der Waals surface area (Å²) >= 11 is 0. The number of aliphatic hydroxyl groups is 1. The number of esters is 1. The molecule has 51 heavy (non-hydrogen) atoms. The van der Waals surface area contributed by atoms with E-state index in [9.17, 15) is 24.0 Å². The summed E-state index contributed by atoms with van der Waals surface area (Å²) in [7, 11) is 0. The predicted molar refractivity (Wildman–Crippen MR) is 194 cm³/mol. The molecule has 0 saturated carbocycles. The molecular formula is C42H49NO8. The topological polar surface area (TPSA) is 127 Å². The number of carbonyl (C=O) groups excluding carboxylic acids is 5. The van der Waals surface area contributed by atoms with E-state index in [0.717, 1.165) is 62.3 Å². The van der Waals surface area contributed by atoms with Crippen LogP contribution in [0.5, 0.6) is 0 Å². The number of allylic oxidation sites excluding steroid dienone is 1. The number of Topliss-reactive ketones (excluding diaryl/α,β-unsaturated/α-hetero) is 1. The van der Waals surface area contributed by atoms with Gasteiger partial charge in [-0.2, -0.15) is 0 Å². The molecule has 3 atom stereocenters. The Balaban J connectivity index is 1.65. The van der Waals surface area contributed by atoms with E-state index in [0.29, 0.717) is 23.1 Å². The van der Waals surface area contributed by atoms with Crippen LogP contribution < -0.4 is 0 Å². The van der Waals surface area contributed by atoms with Gasteiger partial charge in [0.05, 0.1) is 5.92 Å². The third-order valence-corrected chi connectivity index (χ3v) is 9.08. The number of aryl methyl sites for hydroxylation is 1. The van der Waals surface area contributed by atoms with E-state index in [1.807, 2.05) is 31.2 Å². The van der Waals surface area contributed by atoms with Crippen LogP contribution in [0.4, 0.5) is 4.79 Å². The zero-order chi connectivity index (χ0) is 36.6. The monoisotopic (exact) mass is 695 g/mol. The van der Waals surface area contributed by atoms with E-state index in [1.54, 1.807) is 60.7 Å². The largest absolute Gasteiger partial charge is 0.453 e. The summed E-state index contributed by atoms with van der Waals surface area (Å²) in [5.41, 5.74) is 3.00. The third kappa shape index (κ3) is 11.6. The number of hydrogen-bond acceptors (Lipinski definition) is 8. The molecule has 3 aromatic carbocycles. The molecule has 1 aliphatic rings. The summed E-state index contributed by atoms with van der Waals surface area (Å²) in [5, 5.41) is 8.96. The summed E-state index contributed by atoms with van der Waals surface area (Å²) < 4.78 is 11.0. The smallest absolute Gasteiger partial charge is 0.417 e. The summed E-state index contributed by atoms with van der Waals surface area (Å²) in [6.07, 6.45) is 6.46. The maximum atomic E-state index is 14.5. The SMILES string of the molecule is CC(=O)O[C@@H](C(=O)C=C(C(=O)CCCCCCCCCCO)c1cccc(C)c1)[C@@H](Cc1ccccc1)C(=O)N1C(=O)OC[C@H]1c1ccccc1. The number of amides is 2. The summed E-state index contributed by atoms with van der Waals surface area (Å²) in [6.45, 7) is 3.20. The Labute approximate surface area is 300 Å². The Morgan fingerprint density at radius 3 is 2.12 bits per heavy atom. The van der Waals surface area contributed by atoms with Crippen molar-refractivity contribution in [2.24, 2.45) is 5.92 Å². The van der Waals surface area contributed by atoms with Crippen LogP contribution in [0.15, 0.2) is 91.0 Å². The Morgan fingerprint density at radius 2 is 1.49 bits per heavy atom. The van der Waals surface area contributed by atoms with Gasteiger partial charge in [0, 0.05) is 25.5 Å². The van der Waals surface area contributed by atoms with Crippen LogP contribution in [0.1, 0.15) is 93.0 Å². The lowest BCUT2D eigenvalue weighted by atomic mass is 9.87. The fourth-order valence-electron chi connectivity index (χ4n) is 6.43. The van der Waals surface area contributed by atoms with Gasteiger partial charge in [-0.15, -0.1) is 0 Å². The predicted octanol–water partition coefficient (Wildman–Crippen LogP) is 7.53. The molecule has 0 aliphatic carbocycles. The second-order valence-electron chi connectivity index (χ2n) is 13.1. The number of ether oxygens (including phenoxy) is 2. The number of ketones is 2. The molecule has 4 rings (SSSR count). The van der Waals surface area contributed by atoms with Gasteiger partial charge in [-0.05, 0) is 49.0 Å². The molecule has 0 spiro atoms. The van der Waals surface area contributed by atoms with Crippen LogP contribution in [0.2, 0.25) is 0 Å². The number of imide groups is 1. The lowest BCUT2D eigenvalue weighted by molar-refractivity contribution is -0.158. The first-order chi connectivity index (χ1) is 24.7. The van der Waals surface area contributed by atoms with Crippen LogP contribution in [-0.4, -0.2) is 58.9 Å². The molecule has 1 fully saturated rings. The molecule has 3 aromatic rings. The van der Waals surface area contributed by atoms with Gasteiger partial charge in [0.2, 0.25) is 5.91 Å². The van der Waals surface area contributed by atoms with Gasteiger partial charge in [0.1, 0.15) is 12.6 Å². The second-order valence-corrected chi connectivity index (χ2v) is 13.1. The maximum absolute atomic E-state index is 14.5. The van der Waals surface area contributed by atoms with Gasteiger partial charge in [0.15, 0.2) is 17.7 Å². The fraction of sp³-hybridized carbons (Fsp3) is 0.405. The van der Waals surface area contributed by atoms with E-state index in [4.69, 9.17) is 14.6 Å². The van der Waals surface area contributed by atoms with E-state index in [-0.39, 0.29) is 37.4 Å². The molecule has 9 nitrogen and oxygen atoms in total. The van der Waals surface area contributed by atoms with E-state index < -0.39 is 41.8 Å². The van der Waals surface area contributed by atoms with Gasteiger partial charge in [-0.1, -0.05) is 129 Å². The zero-order valence-corrected chi connectivity index (χ0v) is 29.6. The number of benzene rings is 3. The second kappa shape index (κ2) is 20.1. The number of rotatable bonds is 20. The minimum atomic E-state index is -1.63. The van der Waals surface area contributed by atoms with Crippen molar-refractivity contribution in [3.63, 3.8) is 0 Å². The molecule has 9 heteroatoms. The Kier molecular flexibility index (Phi) is 15.3. The van der Waals surface area contributed by atoms with Gasteiger partial charge in [-0.3, -0.25) is 19.2 Å². The van der Waals surface area contributed by atoms with Crippen molar-refractivity contribution in [1.29, 1.82) is 0 Å². The molecule has 2 amide bonds. The number of aliphatic hydroxyl groups excluding tert-OH is 1. The maximum Gasteiger partial charge on any atom is 0.417 e. The lowest BCUT2D eigenvalue weighted by Crippen LogP contribution is -2.47. The van der Waals surface area contributed by atoms with Crippen molar-refractivity contribution in [3.05, 3.63) is 113 Å². The quantitative estimate of drug-likeness (QED) is 0.0730. The summed E-state index contributed by atoms with van der Waals surface area (Å²) in [5.74, 6) is -3.75. The first kappa shape index (κ1) is 38.9. The molecule has 0 radical (unpaired) electrons. The number of carbonyl (C=O) groups is 5. The van der Waals surface area contributed by atoms with Gasteiger partial charge in [0.25, 0.3) is 0 Å². The Hall–Kier alpha value is -4.89. The fourth-order valence-corrected chi connectivity index (χ4v) is 6.43. The highest BCUT2D eigenvalue weighted by Gasteiger charge is 2.46. The average molecular weight is 696 g/mol. The molecule has 270 valence electrons. The molecule has 0 aromatic heterocycles.